The lowest BCUT2D eigenvalue weighted by atomic mass is 10.1. The van der Waals surface area contributed by atoms with Crippen molar-refractivity contribution in [3.63, 3.8) is 0 Å². The first kappa shape index (κ1) is 24.6. The quantitative estimate of drug-likeness (QED) is 0.328. The number of H-pyrrole nitrogens is 1. The molecule has 4 rings (SSSR count). The molecule has 35 heavy (non-hydrogen) atoms. The molecule has 0 saturated heterocycles. The molecule has 0 aliphatic heterocycles. The Morgan fingerprint density at radius 2 is 1.86 bits per heavy atom. The highest BCUT2D eigenvalue weighted by molar-refractivity contribution is 7.89. The number of aromatic amines is 1. The third-order valence-electron chi connectivity index (χ3n) is 5.43. The Labute approximate surface area is 203 Å². The number of nitrogens with two attached hydrogens (primary N) is 1. The number of carbonyl (C=O) groups is 1. The number of hydrogen-bond donors (Lipinski definition) is 3. The highest BCUT2D eigenvalue weighted by atomic mass is 32.2. The molecule has 0 saturated carbocycles. The van der Waals surface area contributed by atoms with Crippen LogP contribution >= 0.6 is 0 Å². The van der Waals surface area contributed by atoms with E-state index in [4.69, 9.17) is 9.88 Å². The van der Waals surface area contributed by atoms with Gasteiger partial charge in [0.2, 0.25) is 10.0 Å². The maximum absolute atomic E-state index is 13.2. The normalized spacial score (nSPS) is 12.7. The molecule has 0 bridgehead atoms. The first-order valence-electron chi connectivity index (χ1n) is 11.0. The predicted octanol–water partition coefficient (Wildman–Crippen LogP) is 3.14. The van der Waals surface area contributed by atoms with Crippen molar-refractivity contribution in [2.45, 2.75) is 11.0 Å². The molecular formula is C25H27N5O4S. The van der Waals surface area contributed by atoms with Gasteiger partial charge in [-0.3, -0.25) is 9.89 Å². The summed E-state index contributed by atoms with van der Waals surface area (Å²) >= 11 is 0. The Morgan fingerprint density at radius 3 is 2.57 bits per heavy atom. The van der Waals surface area contributed by atoms with Crippen LogP contribution in [0.2, 0.25) is 0 Å². The van der Waals surface area contributed by atoms with Crippen LogP contribution in [0.15, 0.2) is 77.7 Å². The predicted molar refractivity (Wildman–Crippen MR) is 135 cm³/mol. The van der Waals surface area contributed by atoms with Gasteiger partial charge in [0.15, 0.2) is 6.10 Å². The SMILES string of the molecule is CN(C)CCOC(C(=O)Nc1ccc2[nH]nc(-c3cccc(S(N)(=O)=O)c3)c2c1)c1ccccc1. The molecule has 1 unspecified atom stereocenters. The number of nitrogens with zero attached hydrogens (tertiary/aromatic N) is 2. The number of fused-ring (bicyclic) bond motifs is 1. The van der Waals surface area contributed by atoms with Crippen molar-refractivity contribution in [3.8, 4) is 11.3 Å². The summed E-state index contributed by atoms with van der Waals surface area (Å²) in [5.74, 6) is -0.296. The fourth-order valence-corrected chi connectivity index (χ4v) is 4.20. The number of aromatic nitrogens is 2. The summed E-state index contributed by atoms with van der Waals surface area (Å²) in [7, 11) is 0.0288. The van der Waals surface area contributed by atoms with Crippen LogP contribution in [0.3, 0.4) is 0 Å². The first-order chi connectivity index (χ1) is 16.7. The standard InChI is InChI=1S/C25H27N5O4S/c1-30(2)13-14-34-24(17-7-4-3-5-8-17)25(31)27-19-11-12-22-21(16-19)23(29-28-22)18-9-6-10-20(15-18)35(26,32)33/h3-12,15-16,24H,13-14H2,1-2H3,(H,27,31)(H,28,29)(H2,26,32,33). The number of benzene rings is 3. The minimum absolute atomic E-state index is 0.00353. The van der Waals surface area contributed by atoms with E-state index in [1.165, 1.54) is 12.1 Å². The van der Waals surface area contributed by atoms with E-state index in [9.17, 15) is 13.2 Å². The molecule has 4 aromatic rings. The molecule has 1 aromatic heterocycles. The van der Waals surface area contributed by atoms with E-state index < -0.39 is 16.1 Å². The van der Waals surface area contributed by atoms with Crippen LogP contribution in [0, 0.1) is 0 Å². The number of ether oxygens (including phenoxy) is 1. The zero-order valence-electron chi connectivity index (χ0n) is 19.4. The Kier molecular flexibility index (Phi) is 7.27. The van der Waals surface area contributed by atoms with E-state index in [2.05, 4.69) is 15.5 Å². The summed E-state index contributed by atoms with van der Waals surface area (Å²) in [6.07, 6.45) is -0.776. The molecule has 0 aliphatic carbocycles. The summed E-state index contributed by atoms with van der Waals surface area (Å²) in [6, 6.07) is 20.9. The Morgan fingerprint density at radius 1 is 1.09 bits per heavy atom. The van der Waals surface area contributed by atoms with Crippen molar-refractivity contribution in [2.24, 2.45) is 5.14 Å². The Balaban J connectivity index is 1.62. The molecule has 0 radical (unpaired) electrons. The molecule has 1 atom stereocenters. The van der Waals surface area contributed by atoms with Gasteiger partial charge in [-0.05, 0) is 50.0 Å². The molecule has 4 N–H and O–H groups in total. The van der Waals surface area contributed by atoms with Gasteiger partial charge in [0.25, 0.3) is 5.91 Å². The van der Waals surface area contributed by atoms with E-state index >= 15 is 0 Å². The van der Waals surface area contributed by atoms with Crippen LogP contribution in [0.4, 0.5) is 5.69 Å². The average molecular weight is 494 g/mol. The highest BCUT2D eigenvalue weighted by Crippen LogP contribution is 2.30. The maximum Gasteiger partial charge on any atom is 0.258 e. The molecule has 0 aliphatic rings. The fourth-order valence-electron chi connectivity index (χ4n) is 3.64. The van der Waals surface area contributed by atoms with Crippen molar-refractivity contribution in [1.29, 1.82) is 0 Å². The van der Waals surface area contributed by atoms with Crippen molar-refractivity contribution >= 4 is 32.5 Å². The second kappa shape index (κ2) is 10.4. The number of anilines is 1. The zero-order chi connectivity index (χ0) is 25.0. The third-order valence-corrected chi connectivity index (χ3v) is 6.34. The third kappa shape index (κ3) is 5.92. The lowest BCUT2D eigenvalue weighted by Crippen LogP contribution is -2.26. The van der Waals surface area contributed by atoms with Gasteiger partial charge in [-0.15, -0.1) is 0 Å². The molecule has 1 heterocycles. The van der Waals surface area contributed by atoms with Crippen LogP contribution in [0.1, 0.15) is 11.7 Å². The van der Waals surface area contributed by atoms with Crippen molar-refractivity contribution in [3.05, 3.63) is 78.4 Å². The Hall–Kier alpha value is -3.57. The smallest absolute Gasteiger partial charge is 0.258 e. The molecule has 9 nitrogen and oxygen atoms in total. The number of likely N-dealkylation sites (N-methyl/N-ethyl adjacent to an activating group) is 1. The van der Waals surface area contributed by atoms with Gasteiger partial charge >= 0.3 is 0 Å². The molecule has 10 heteroatoms. The zero-order valence-corrected chi connectivity index (χ0v) is 20.2. The van der Waals surface area contributed by atoms with Gasteiger partial charge in [-0.1, -0.05) is 42.5 Å². The first-order valence-corrected chi connectivity index (χ1v) is 12.5. The lowest BCUT2D eigenvalue weighted by Gasteiger charge is -2.19. The van der Waals surface area contributed by atoms with E-state index in [-0.39, 0.29) is 10.8 Å². The van der Waals surface area contributed by atoms with Crippen LogP contribution < -0.4 is 10.5 Å². The van der Waals surface area contributed by atoms with Crippen molar-refractivity contribution in [2.75, 3.05) is 32.6 Å². The van der Waals surface area contributed by atoms with Gasteiger partial charge in [0.05, 0.1) is 17.0 Å². The van der Waals surface area contributed by atoms with Crippen LogP contribution in [0.25, 0.3) is 22.2 Å². The van der Waals surface area contributed by atoms with Crippen LogP contribution in [0.5, 0.6) is 0 Å². The average Bonchev–Trinajstić information content (AvgIpc) is 3.25. The summed E-state index contributed by atoms with van der Waals surface area (Å²) in [5, 5.41) is 16.2. The van der Waals surface area contributed by atoms with Crippen molar-refractivity contribution in [1.82, 2.24) is 15.1 Å². The summed E-state index contributed by atoms with van der Waals surface area (Å²) in [5.41, 5.74) is 3.18. The minimum Gasteiger partial charge on any atom is -0.362 e. The van der Waals surface area contributed by atoms with Crippen LogP contribution in [-0.4, -0.2) is 56.7 Å². The second-order valence-electron chi connectivity index (χ2n) is 8.36. The number of nitrogens with one attached hydrogen (secondary N) is 2. The highest BCUT2D eigenvalue weighted by Gasteiger charge is 2.22. The fraction of sp³-hybridized carbons (Fsp3) is 0.200. The number of rotatable bonds is 9. The largest absolute Gasteiger partial charge is 0.362 e. The molecule has 0 spiro atoms. The van der Waals surface area contributed by atoms with Gasteiger partial charge in [0.1, 0.15) is 5.69 Å². The van der Waals surface area contributed by atoms with Gasteiger partial charge < -0.3 is 15.0 Å². The number of sulfonamides is 1. The van der Waals surface area contributed by atoms with E-state index in [0.717, 1.165) is 16.5 Å². The summed E-state index contributed by atoms with van der Waals surface area (Å²) < 4.78 is 29.5. The number of amides is 1. The minimum atomic E-state index is -3.85. The van der Waals surface area contributed by atoms with Crippen LogP contribution in [-0.2, 0) is 19.6 Å². The molecule has 3 aromatic carbocycles. The molecule has 182 valence electrons. The van der Waals surface area contributed by atoms with Gasteiger partial charge in [0, 0.05) is 23.2 Å². The van der Waals surface area contributed by atoms with Gasteiger partial charge in [-0.2, -0.15) is 5.10 Å². The Bertz CT molecular complexity index is 1430. The number of hydrogen-bond acceptors (Lipinski definition) is 6. The maximum atomic E-state index is 13.2. The molecule has 1 amide bonds. The van der Waals surface area contributed by atoms with Gasteiger partial charge in [-0.25, -0.2) is 13.6 Å². The second-order valence-corrected chi connectivity index (χ2v) is 9.92. The summed E-state index contributed by atoms with van der Waals surface area (Å²) in [6.45, 7) is 1.07. The molecular weight excluding hydrogens is 466 g/mol. The number of carbonyl (C=O) groups excluding carboxylic acids is 1. The topological polar surface area (TPSA) is 130 Å². The van der Waals surface area contributed by atoms with E-state index in [1.54, 1.807) is 30.3 Å². The van der Waals surface area contributed by atoms with E-state index in [0.29, 0.717) is 30.1 Å². The lowest BCUT2D eigenvalue weighted by molar-refractivity contribution is -0.128. The van der Waals surface area contributed by atoms with Crippen molar-refractivity contribution < 1.29 is 17.9 Å². The summed E-state index contributed by atoms with van der Waals surface area (Å²) in [4.78, 5) is 15.2. The monoisotopic (exact) mass is 493 g/mol. The number of primary sulfonamides is 1. The molecule has 0 fully saturated rings. The van der Waals surface area contributed by atoms with E-state index in [1.807, 2.05) is 49.3 Å².